The largest absolute Gasteiger partial charge is 0.280 e. The minimum absolute atomic E-state index is 0.109. The molecule has 21 heavy (non-hydrogen) atoms. The van der Waals surface area contributed by atoms with Crippen LogP contribution in [0.1, 0.15) is 11.1 Å². The fourth-order valence-corrected chi connectivity index (χ4v) is 2.81. The monoisotopic (exact) mass is 302 g/mol. The Hall–Kier alpha value is -2.50. The highest BCUT2D eigenvalue weighted by Crippen LogP contribution is 2.21. The lowest BCUT2D eigenvalue weighted by atomic mass is 10.1. The zero-order valence-electron chi connectivity index (χ0n) is 11.6. The van der Waals surface area contributed by atoms with Gasteiger partial charge in [-0.1, -0.05) is 23.3 Å². The zero-order chi connectivity index (χ0) is 15.5. The van der Waals surface area contributed by atoms with Crippen molar-refractivity contribution in [3.05, 3.63) is 64.0 Å². The molecule has 0 saturated heterocycles. The van der Waals surface area contributed by atoms with E-state index in [-0.39, 0.29) is 4.90 Å². The van der Waals surface area contributed by atoms with Gasteiger partial charge in [0.2, 0.25) is 0 Å². The maximum absolute atomic E-state index is 12.3. The van der Waals surface area contributed by atoms with E-state index < -0.39 is 10.0 Å². The minimum atomic E-state index is -3.66. The predicted molar refractivity (Wildman–Crippen MR) is 82.0 cm³/mol. The number of nitrogens with zero attached hydrogens (tertiary/aromatic N) is 3. The van der Waals surface area contributed by atoms with E-state index in [9.17, 15) is 8.42 Å². The van der Waals surface area contributed by atoms with Crippen LogP contribution in [-0.2, 0) is 10.0 Å². The molecule has 0 aromatic heterocycles. The molecule has 1 N–H and O–H groups in total. The summed E-state index contributed by atoms with van der Waals surface area (Å²) >= 11 is 0. The molecule has 7 heteroatoms. The van der Waals surface area contributed by atoms with Crippen LogP contribution in [0.15, 0.2) is 52.5 Å². The summed E-state index contributed by atoms with van der Waals surface area (Å²) in [7, 11) is -3.66. The van der Waals surface area contributed by atoms with Gasteiger partial charge in [0, 0.05) is 16.3 Å². The highest BCUT2D eigenvalue weighted by atomic mass is 32.2. The minimum Gasteiger partial charge on any atom is -0.280 e. The van der Waals surface area contributed by atoms with E-state index in [4.69, 9.17) is 5.53 Å². The summed E-state index contributed by atoms with van der Waals surface area (Å²) < 4.78 is 27.0. The number of hydrogen-bond acceptors (Lipinski definition) is 3. The molecule has 0 saturated carbocycles. The van der Waals surface area contributed by atoms with Crippen LogP contribution < -0.4 is 4.72 Å². The number of sulfonamides is 1. The molecule has 0 heterocycles. The van der Waals surface area contributed by atoms with E-state index in [1.54, 1.807) is 12.1 Å². The van der Waals surface area contributed by atoms with Crippen molar-refractivity contribution in [3.63, 3.8) is 0 Å². The number of nitrogens with one attached hydrogen (secondary N) is 1. The summed E-state index contributed by atoms with van der Waals surface area (Å²) in [5, 5.41) is 3.40. The van der Waals surface area contributed by atoms with Crippen LogP contribution in [-0.4, -0.2) is 8.42 Å². The smallest absolute Gasteiger partial charge is 0.261 e. The van der Waals surface area contributed by atoms with Gasteiger partial charge in [-0.3, -0.25) is 4.72 Å². The number of hydrogen-bond donors (Lipinski definition) is 1. The van der Waals surface area contributed by atoms with Crippen molar-refractivity contribution >= 4 is 21.4 Å². The fourth-order valence-electron chi connectivity index (χ4n) is 1.76. The molecule has 0 aliphatic heterocycles. The van der Waals surface area contributed by atoms with Crippen LogP contribution >= 0.6 is 0 Å². The molecule has 0 spiro atoms. The Morgan fingerprint density at radius 1 is 1.05 bits per heavy atom. The van der Waals surface area contributed by atoms with Gasteiger partial charge >= 0.3 is 0 Å². The van der Waals surface area contributed by atoms with Crippen molar-refractivity contribution in [2.45, 2.75) is 18.7 Å². The van der Waals surface area contributed by atoms with Crippen LogP contribution in [0.5, 0.6) is 0 Å². The molecule has 0 unspecified atom stereocenters. The van der Waals surface area contributed by atoms with Crippen molar-refractivity contribution < 1.29 is 8.42 Å². The van der Waals surface area contributed by atoms with E-state index in [0.717, 1.165) is 11.1 Å². The summed E-state index contributed by atoms with van der Waals surface area (Å²) in [5.41, 5.74) is 11.3. The molecular formula is C14H14N4O2S. The van der Waals surface area contributed by atoms with Crippen molar-refractivity contribution in [1.29, 1.82) is 0 Å². The van der Waals surface area contributed by atoms with Gasteiger partial charge in [0.25, 0.3) is 10.0 Å². The first kappa shape index (κ1) is 14.9. The number of azide groups is 1. The lowest BCUT2D eigenvalue weighted by Gasteiger charge is -2.10. The third-order valence-corrected chi connectivity index (χ3v) is 4.46. The van der Waals surface area contributed by atoms with Crippen molar-refractivity contribution in [1.82, 2.24) is 0 Å². The van der Waals surface area contributed by atoms with Crippen LogP contribution in [0, 0.1) is 13.8 Å². The number of rotatable bonds is 4. The molecule has 0 radical (unpaired) electrons. The average molecular weight is 302 g/mol. The van der Waals surface area contributed by atoms with E-state index in [2.05, 4.69) is 14.7 Å². The van der Waals surface area contributed by atoms with E-state index in [0.29, 0.717) is 11.4 Å². The fraction of sp³-hybridized carbons (Fsp3) is 0.143. The first-order chi connectivity index (χ1) is 9.92. The first-order valence-electron chi connectivity index (χ1n) is 6.17. The maximum atomic E-state index is 12.3. The summed E-state index contributed by atoms with van der Waals surface area (Å²) in [6.45, 7) is 3.88. The Morgan fingerprint density at radius 3 is 2.29 bits per heavy atom. The summed E-state index contributed by atoms with van der Waals surface area (Å²) in [6.07, 6.45) is 0. The molecule has 0 aliphatic carbocycles. The molecule has 0 bridgehead atoms. The molecule has 6 nitrogen and oxygen atoms in total. The molecule has 2 aromatic rings. The van der Waals surface area contributed by atoms with Gasteiger partial charge < -0.3 is 0 Å². The number of anilines is 1. The molecule has 2 aromatic carbocycles. The normalized spacial score (nSPS) is 10.8. The topological polar surface area (TPSA) is 94.9 Å². The zero-order valence-corrected chi connectivity index (χ0v) is 12.4. The third kappa shape index (κ3) is 3.53. The molecule has 2 rings (SSSR count). The highest BCUT2D eigenvalue weighted by Gasteiger charge is 2.14. The van der Waals surface area contributed by atoms with Gasteiger partial charge in [-0.05, 0) is 54.8 Å². The summed E-state index contributed by atoms with van der Waals surface area (Å²) in [6, 6.07) is 11.1. The van der Waals surface area contributed by atoms with Crippen LogP contribution in [0.4, 0.5) is 11.4 Å². The Labute approximate surface area is 123 Å². The molecule has 0 amide bonds. The van der Waals surface area contributed by atoms with Crippen molar-refractivity contribution in [3.8, 4) is 0 Å². The van der Waals surface area contributed by atoms with Crippen molar-refractivity contribution in [2.24, 2.45) is 5.11 Å². The van der Waals surface area contributed by atoms with Gasteiger partial charge in [-0.15, -0.1) is 0 Å². The quantitative estimate of drug-likeness (QED) is 0.524. The SMILES string of the molecule is Cc1ccc(NS(=O)(=O)c2ccc(N=[N+]=[N-])cc2)cc1C. The Morgan fingerprint density at radius 2 is 1.71 bits per heavy atom. The van der Waals surface area contributed by atoms with Crippen LogP contribution in [0.3, 0.4) is 0 Å². The molecular weight excluding hydrogens is 288 g/mol. The Kier molecular flexibility index (Phi) is 4.16. The van der Waals surface area contributed by atoms with Gasteiger partial charge in [0.05, 0.1) is 4.90 Å². The van der Waals surface area contributed by atoms with E-state index in [1.807, 2.05) is 19.9 Å². The van der Waals surface area contributed by atoms with Gasteiger partial charge in [-0.2, -0.15) is 0 Å². The second-order valence-electron chi connectivity index (χ2n) is 4.59. The molecule has 0 aliphatic rings. The summed E-state index contributed by atoms with van der Waals surface area (Å²) in [4.78, 5) is 2.75. The first-order valence-corrected chi connectivity index (χ1v) is 7.66. The highest BCUT2D eigenvalue weighted by molar-refractivity contribution is 7.92. The lowest BCUT2D eigenvalue weighted by Crippen LogP contribution is -2.12. The van der Waals surface area contributed by atoms with Crippen LogP contribution in [0.25, 0.3) is 10.4 Å². The third-order valence-electron chi connectivity index (χ3n) is 3.07. The second kappa shape index (κ2) is 5.87. The van der Waals surface area contributed by atoms with E-state index >= 15 is 0 Å². The van der Waals surface area contributed by atoms with Crippen LogP contribution in [0.2, 0.25) is 0 Å². The van der Waals surface area contributed by atoms with Gasteiger partial charge in [0.1, 0.15) is 0 Å². The lowest BCUT2D eigenvalue weighted by molar-refractivity contribution is 0.601. The van der Waals surface area contributed by atoms with Crippen molar-refractivity contribution in [2.75, 3.05) is 4.72 Å². The standard InChI is InChI=1S/C14H14N4O2S/c1-10-3-4-13(9-11(10)2)17-21(19,20)14-7-5-12(6-8-14)16-18-15/h3-9,17H,1-2H3. The number of benzene rings is 2. The molecule has 0 fully saturated rings. The van der Waals surface area contributed by atoms with Gasteiger partial charge in [-0.25, -0.2) is 8.42 Å². The average Bonchev–Trinajstić information content (AvgIpc) is 2.44. The molecule has 108 valence electrons. The summed E-state index contributed by atoms with van der Waals surface area (Å²) in [5.74, 6) is 0. The maximum Gasteiger partial charge on any atom is 0.261 e. The molecule has 0 atom stereocenters. The predicted octanol–water partition coefficient (Wildman–Crippen LogP) is 4.05. The Bertz CT molecular complexity index is 807. The second-order valence-corrected chi connectivity index (χ2v) is 6.27. The van der Waals surface area contributed by atoms with Gasteiger partial charge in [0.15, 0.2) is 0 Å². The Balaban J connectivity index is 2.29. The van der Waals surface area contributed by atoms with E-state index in [1.165, 1.54) is 24.3 Å². The number of aryl methyl sites for hydroxylation is 2.